The fourth-order valence-corrected chi connectivity index (χ4v) is 30.6. The molecule has 0 heterocycles. The van der Waals surface area contributed by atoms with Crippen molar-refractivity contribution in [3.8, 4) is 22.3 Å². The van der Waals surface area contributed by atoms with Crippen molar-refractivity contribution in [3.05, 3.63) is 130 Å². The number of hydrogen-bond donors (Lipinski definition) is 0. The van der Waals surface area contributed by atoms with Crippen molar-refractivity contribution in [2.45, 2.75) is 94.6 Å². The fourth-order valence-electron chi connectivity index (χ4n) is 10.9. The Morgan fingerprint density at radius 2 is 0.940 bits per heavy atom. The summed E-state index contributed by atoms with van der Waals surface area (Å²) in [6.45, 7) is 7.48. The molecule has 0 spiro atoms. The molecule has 50 heavy (non-hydrogen) atoms. The van der Waals surface area contributed by atoms with Gasteiger partial charge in [0.05, 0.1) is 0 Å². The summed E-state index contributed by atoms with van der Waals surface area (Å²) in [5, 5.41) is 0. The van der Waals surface area contributed by atoms with Crippen LogP contribution in [0.1, 0.15) is 108 Å². The molecule has 2 atom stereocenters. The topological polar surface area (TPSA) is 0 Å². The molecule has 0 aliphatic heterocycles. The van der Waals surface area contributed by atoms with Gasteiger partial charge < -0.3 is 0 Å². The summed E-state index contributed by atoms with van der Waals surface area (Å²) < 4.78 is 6.88. The molecule has 4 aromatic rings. The van der Waals surface area contributed by atoms with Crippen LogP contribution in [0.5, 0.6) is 0 Å². The minimum Gasteiger partial charge on any atom is -0.147 e. The first-order valence-corrected chi connectivity index (χ1v) is 32.7. The van der Waals surface area contributed by atoms with Gasteiger partial charge in [-0.1, -0.05) is 0 Å². The van der Waals surface area contributed by atoms with Crippen LogP contribution in [-0.2, 0) is 17.4 Å². The van der Waals surface area contributed by atoms with Gasteiger partial charge in [0, 0.05) is 0 Å². The molecule has 4 aliphatic rings. The maximum atomic E-state index is 2.88. The zero-order valence-electron chi connectivity index (χ0n) is 30.6. The van der Waals surface area contributed by atoms with Crippen molar-refractivity contribution in [2.24, 2.45) is 10.8 Å². The Labute approximate surface area is 317 Å². The largest absolute Gasteiger partial charge is 0.147 e. The number of allylic oxidation sites excluding steroid dienone is 2. The van der Waals surface area contributed by atoms with Crippen LogP contribution in [0.2, 0.25) is 9.26 Å². The summed E-state index contributed by atoms with van der Waals surface area (Å²) in [6, 6.07) is 37.0. The number of rotatable bonds is 10. The molecule has 0 radical (unpaired) electrons. The Morgan fingerprint density at radius 1 is 0.560 bits per heavy atom. The van der Waals surface area contributed by atoms with Gasteiger partial charge >= 0.3 is 295 Å². The minimum atomic E-state index is -3.80. The van der Waals surface area contributed by atoms with Crippen molar-refractivity contribution in [1.82, 2.24) is 0 Å². The average Bonchev–Trinajstić information content (AvgIpc) is 3.64. The molecule has 0 bridgehead atoms. The van der Waals surface area contributed by atoms with Crippen molar-refractivity contribution < 1.29 is 17.4 Å². The summed E-state index contributed by atoms with van der Waals surface area (Å²) in [7, 11) is 0. The van der Waals surface area contributed by atoms with Gasteiger partial charge in [0.2, 0.25) is 0 Å². The summed E-state index contributed by atoms with van der Waals surface area (Å²) in [5.41, 5.74) is 16.4. The molecule has 4 heteroatoms. The zero-order chi connectivity index (χ0) is 33.2. The van der Waals surface area contributed by atoms with E-state index in [1.165, 1.54) is 97.6 Å². The summed E-state index contributed by atoms with van der Waals surface area (Å²) in [4.78, 5) is 0. The second-order valence-corrected chi connectivity index (χ2v) is 47.8. The van der Waals surface area contributed by atoms with E-state index in [1.54, 1.807) is 22.3 Å². The van der Waals surface area contributed by atoms with Crippen LogP contribution in [0.4, 0.5) is 0 Å². The van der Waals surface area contributed by atoms with E-state index in [0.717, 1.165) is 0 Å². The summed E-state index contributed by atoms with van der Waals surface area (Å²) in [5.74, 6) is 0. The second-order valence-electron chi connectivity index (χ2n) is 17.4. The quantitative estimate of drug-likeness (QED) is 0.140. The van der Waals surface area contributed by atoms with Crippen LogP contribution in [-0.4, -0.2) is 6.88 Å². The molecule has 0 saturated heterocycles. The zero-order valence-corrected chi connectivity index (χ0v) is 36.1. The molecule has 4 aliphatic carbocycles. The number of fused-ring (bicyclic) bond motifs is 2. The molecular weight excluding hydrogens is 743 g/mol. The molecule has 2 unspecified atom stereocenters. The van der Waals surface area contributed by atoms with Gasteiger partial charge in [-0.3, -0.25) is 0 Å². The van der Waals surface area contributed by atoms with Crippen molar-refractivity contribution in [2.75, 3.05) is 0 Å². The molecule has 0 nitrogen and oxygen atoms in total. The normalized spacial score (nSPS) is 21.3. The van der Waals surface area contributed by atoms with Crippen molar-refractivity contribution in [3.63, 3.8) is 0 Å². The average molecular weight is 799 g/mol. The molecule has 2 fully saturated rings. The Hall–Kier alpha value is -1.96. The molecule has 262 valence electrons. The smallest absolute Gasteiger partial charge is 0.147 e. The number of benzene rings is 4. The van der Waals surface area contributed by atoms with Gasteiger partial charge in [0.15, 0.2) is 0 Å². The predicted molar refractivity (Wildman–Crippen MR) is 222 cm³/mol. The van der Waals surface area contributed by atoms with E-state index in [2.05, 4.69) is 139 Å². The Morgan fingerprint density at radius 3 is 1.26 bits per heavy atom. The standard InChI is InChI=1S/2C22H23.2CH3.2ClH.H2Si.Zr/c2*1-2-22(12-7-13-22)16-17-14-19-10-6-11-20(21(19)15-17)18-8-4-3-5-9-18;;;;;;/h2*3-6,8-11,14-15H,2,7,12-13,16H2,1H3;2*1H3;2*1H;1H2;. The van der Waals surface area contributed by atoms with Crippen LogP contribution in [0.3, 0.4) is 0 Å². The monoisotopic (exact) mass is 796 g/mol. The van der Waals surface area contributed by atoms with Gasteiger partial charge in [-0.25, -0.2) is 0 Å². The first-order chi connectivity index (χ1) is 23.1. The summed E-state index contributed by atoms with van der Waals surface area (Å²) in [6.07, 6.45) is 19.0. The van der Waals surface area contributed by atoms with Gasteiger partial charge in [-0.2, -0.15) is 0 Å². The first-order valence-electron chi connectivity index (χ1n) is 19.0. The molecule has 2 saturated carbocycles. The molecule has 0 aromatic heterocycles. The Bertz CT molecular complexity index is 1840. The molecule has 4 aromatic carbocycles. The number of hydrogen-bond acceptors (Lipinski definition) is 0. The summed E-state index contributed by atoms with van der Waals surface area (Å²) >= 11 is -3.80. The maximum absolute atomic E-state index is 3.80. The molecule has 0 amide bonds. The van der Waals surface area contributed by atoms with Gasteiger partial charge in [-0.05, 0) is 0 Å². The van der Waals surface area contributed by atoms with E-state index < -0.39 is 17.4 Å². The second kappa shape index (κ2) is 14.1. The van der Waals surface area contributed by atoms with Crippen molar-refractivity contribution >= 4 is 43.8 Å². The van der Waals surface area contributed by atoms with Crippen LogP contribution in [0, 0.1) is 10.8 Å². The van der Waals surface area contributed by atoms with E-state index in [1.807, 2.05) is 0 Å². The third kappa shape index (κ3) is 6.27. The molecule has 0 N–H and O–H groups in total. The Kier molecular flexibility index (Phi) is 10.7. The van der Waals surface area contributed by atoms with Crippen LogP contribution < -0.4 is 0 Å². The third-order valence-electron chi connectivity index (χ3n) is 13.9. The van der Waals surface area contributed by atoms with E-state index in [4.69, 9.17) is 0 Å². The first kappa shape index (κ1) is 37.8. The molecular formula is C46H56Cl2SiZr. The van der Waals surface area contributed by atoms with Crippen LogP contribution in [0.15, 0.2) is 108 Å². The SMILES string of the molecule is CCC1(CC2=Cc3c(-c4ccccc4)cccc3[CH]2[Zr]([CH3])([CH3])(=[SiH2])[CH]2C(CC3(CC)CCC3)=Cc3c(-c4ccccc4)cccc32)CCC1.Cl.Cl. The van der Waals surface area contributed by atoms with E-state index in [-0.39, 0.29) is 24.8 Å². The third-order valence-corrected chi connectivity index (χ3v) is 31.4. The van der Waals surface area contributed by atoms with E-state index >= 15 is 0 Å². The van der Waals surface area contributed by atoms with Gasteiger partial charge in [-0.15, -0.1) is 24.8 Å². The van der Waals surface area contributed by atoms with E-state index in [9.17, 15) is 0 Å². The molecule has 8 rings (SSSR count). The van der Waals surface area contributed by atoms with E-state index in [0.29, 0.717) is 18.1 Å². The minimum absolute atomic E-state index is 0. The van der Waals surface area contributed by atoms with Crippen molar-refractivity contribution in [1.29, 1.82) is 0 Å². The van der Waals surface area contributed by atoms with Crippen LogP contribution in [0.25, 0.3) is 34.4 Å². The fraction of sp³-hybridized carbons (Fsp3) is 0.391. The van der Waals surface area contributed by atoms with Crippen LogP contribution >= 0.6 is 24.8 Å². The number of halogens is 2. The van der Waals surface area contributed by atoms with Gasteiger partial charge in [0.1, 0.15) is 0 Å². The maximum Gasteiger partial charge on any atom is -0.147 e. The predicted octanol–water partition coefficient (Wildman–Crippen LogP) is 13.7. The Balaban J connectivity index is 0.00000216. The van der Waals surface area contributed by atoms with Gasteiger partial charge in [0.25, 0.3) is 0 Å².